The number of aromatic carboxylic acids is 2. The molecule has 0 spiro atoms. The molecule has 2 aliphatic carbocycles. The molecule has 302 valence electrons. The molecule has 8 rings (SSSR count). The maximum atomic E-state index is 13.3. The lowest BCUT2D eigenvalue weighted by molar-refractivity contribution is -0.120. The molecular weight excluding hydrogens is 769 g/mol. The van der Waals surface area contributed by atoms with Crippen molar-refractivity contribution in [3.8, 4) is 33.9 Å². The van der Waals surface area contributed by atoms with Crippen LogP contribution in [0.4, 0.5) is 5.69 Å². The van der Waals surface area contributed by atoms with Crippen LogP contribution in [0, 0.1) is 5.41 Å². The number of carboxylic acids is 2. The summed E-state index contributed by atoms with van der Waals surface area (Å²) in [7, 11) is 3.81. The van der Waals surface area contributed by atoms with E-state index in [1.165, 1.54) is 42.5 Å². The number of aromatic hydroxyl groups is 1. The number of carbonyl (C=O) groups excluding carboxylic acids is 2. The third kappa shape index (κ3) is 7.41. The molecule has 4 aliphatic rings. The highest BCUT2D eigenvalue weighted by molar-refractivity contribution is 6.08. The number of nitrogens with zero attached hydrogens (tertiary/aromatic N) is 1. The van der Waals surface area contributed by atoms with Gasteiger partial charge in [0.05, 0.1) is 17.7 Å². The number of amides is 2. The van der Waals surface area contributed by atoms with E-state index in [2.05, 4.69) is 10.6 Å². The van der Waals surface area contributed by atoms with E-state index in [1.54, 1.807) is 30.3 Å². The van der Waals surface area contributed by atoms with Gasteiger partial charge in [-0.05, 0) is 95.3 Å². The predicted molar refractivity (Wildman–Crippen MR) is 224 cm³/mol. The van der Waals surface area contributed by atoms with Crippen molar-refractivity contribution >= 4 is 51.7 Å². The fraction of sp³-hybridized carbons (Fsp3) is 0.174. The summed E-state index contributed by atoms with van der Waals surface area (Å²) in [6.45, 7) is -0.528. The van der Waals surface area contributed by atoms with Crippen LogP contribution in [0.25, 0.3) is 39.0 Å². The topological polar surface area (TPSA) is 220 Å². The smallest absolute Gasteiger partial charge is 0.336 e. The van der Waals surface area contributed by atoms with Crippen LogP contribution in [-0.4, -0.2) is 71.5 Å². The van der Waals surface area contributed by atoms with Crippen LogP contribution in [0.15, 0.2) is 106 Å². The first-order chi connectivity index (χ1) is 28.7. The van der Waals surface area contributed by atoms with Crippen molar-refractivity contribution in [2.75, 3.05) is 25.5 Å². The molecule has 0 radical (unpaired) electrons. The van der Waals surface area contributed by atoms with Crippen molar-refractivity contribution in [2.24, 2.45) is 0 Å². The van der Waals surface area contributed by atoms with E-state index in [0.29, 0.717) is 69.5 Å². The van der Waals surface area contributed by atoms with Crippen molar-refractivity contribution in [2.45, 2.75) is 31.9 Å². The van der Waals surface area contributed by atoms with Crippen LogP contribution in [-0.2, 0) is 11.3 Å². The molecule has 2 heterocycles. The predicted octanol–water partition coefficient (Wildman–Crippen LogP) is 6.55. The Morgan fingerprint density at radius 3 is 2.30 bits per heavy atom. The van der Waals surface area contributed by atoms with Gasteiger partial charge in [0.2, 0.25) is 5.91 Å². The molecule has 14 nitrogen and oxygen atoms in total. The van der Waals surface area contributed by atoms with E-state index in [-0.39, 0.29) is 45.8 Å². The maximum Gasteiger partial charge on any atom is 0.336 e. The zero-order valence-corrected chi connectivity index (χ0v) is 32.4. The number of fused-ring (bicyclic) bond motifs is 4. The van der Waals surface area contributed by atoms with Crippen molar-refractivity contribution in [3.05, 3.63) is 140 Å². The summed E-state index contributed by atoms with van der Waals surface area (Å²) in [6.07, 6.45) is 1.02. The van der Waals surface area contributed by atoms with E-state index in [0.717, 1.165) is 16.8 Å². The fourth-order valence-electron chi connectivity index (χ4n) is 7.88. The summed E-state index contributed by atoms with van der Waals surface area (Å²) < 4.78 is 12.3. The molecule has 1 atom stereocenters. The van der Waals surface area contributed by atoms with Gasteiger partial charge in [0, 0.05) is 84.3 Å². The highest BCUT2D eigenvalue weighted by atomic mass is 16.5. The zero-order chi connectivity index (χ0) is 42.4. The van der Waals surface area contributed by atoms with Crippen LogP contribution < -0.4 is 25.7 Å². The second-order valence-electron chi connectivity index (χ2n) is 14.9. The van der Waals surface area contributed by atoms with Gasteiger partial charge in [0.1, 0.15) is 28.9 Å². The second kappa shape index (κ2) is 15.5. The Bertz CT molecular complexity index is 2880. The first-order valence-electron chi connectivity index (χ1n) is 19.0. The van der Waals surface area contributed by atoms with E-state index >= 15 is 0 Å². The van der Waals surface area contributed by atoms with Gasteiger partial charge in [-0.2, -0.15) is 0 Å². The molecule has 4 aromatic carbocycles. The average molecular weight is 807 g/mol. The van der Waals surface area contributed by atoms with Gasteiger partial charge in [0.25, 0.3) is 5.91 Å². The Morgan fingerprint density at radius 1 is 0.800 bits per heavy atom. The molecule has 2 amide bonds. The summed E-state index contributed by atoms with van der Waals surface area (Å²) in [5, 5.41) is 44.8. The number of benzene rings is 5. The number of carboxylic acid groups (broad SMARTS) is 2. The number of hydrogen-bond donors (Lipinski definition) is 6. The first kappa shape index (κ1) is 39.1. The molecule has 1 fully saturated rings. The van der Waals surface area contributed by atoms with Gasteiger partial charge in [-0.25, -0.2) is 9.59 Å². The van der Waals surface area contributed by atoms with E-state index in [4.69, 9.17) is 14.6 Å². The second-order valence-corrected chi connectivity index (χ2v) is 14.9. The highest BCUT2D eigenvalue weighted by Crippen LogP contribution is 2.46. The van der Waals surface area contributed by atoms with Crippen molar-refractivity contribution in [1.29, 1.82) is 5.41 Å². The largest absolute Gasteiger partial charge is 0.508 e. The summed E-state index contributed by atoms with van der Waals surface area (Å²) in [5.41, 5.74) is 5.72. The van der Waals surface area contributed by atoms with E-state index < -0.39 is 36.4 Å². The number of anilines is 1. The Hall–Kier alpha value is -7.74. The fourth-order valence-corrected chi connectivity index (χ4v) is 7.88. The van der Waals surface area contributed by atoms with E-state index in [1.807, 2.05) is 37.2 Å². The minimum Gasteiger partial charge on any atom is -0.508 e. The lowest BCUT2D eigenvalue weighted by Gasteiger charge is -2.35. The maximum absolute atomic E-state index is 13.3. The molecule has 0 bridgehead atoms. The Balaban J connectivity index is 0.999. The lowest BCUT2D eigenvalue weighted by Crippen LogP contribution is -2.36. The van der Waals surface area contributed by atoms with Crippen molar-refractivity contribution < 1.29 is 43.7 Å². The average Bonchev–Trinajstić information content (AvgIpc) is 3.22. The molecule has 60 heavy (non-hydrogen) atoms. The summed E-state index contributed by atoms with van der Waals surface area (Å²) >= 11 is 0. The van der Waals surface area contributed by atoms with Gasteiger partial charge in [0.15, 0.2) is 5.43 Å². The highest BCUT2D eigenvalue weighted by Gasteiger charge is 2.35. The van der Waals surface area contributed by atoms with Gasteiger partial charge < -0.3 is 45.4 Å². The minimum atomic E-state index is -1.24. The molecule has 6 N–H and O–H groups in total. The van der Waals surface area contributed by atoms with Crippen LogP contribution in [0.2, 0.25) is 0 Å². The van der Waals surface area contributed by atoms with Crippen molar-refractivity contribution in [3.63, 3.8) is 0 Å². The normalized spacial score (nSPS) is 14.6. The Kier molecular flexibility index (Phi) is 10.1. The molecule has 2 aliphatic heterocycles. The minimum absolute atomic E-state index is 0.0314. The standard InChI is InChI=1S/C46H38N4O10/c1-50(2)26-6-12-32-38(18-26)59-37-17-25(47)5-11-31(37)43(32)30-10-4-24(16-36(30)46(57)58)44(54)49-22-41(53)48-21-23-3-9-29(35(15-23)45(55)56)42-33-13-7-27(51)19-39(33)60-40-20-28(52)8-14-34(40)42/h3-4,6-10,12-16,18-20,37,47,51H,5,11,17,21-22H2,1-2H3,(H,48,53)(H,49,54)(H,55,56)(H,57,58). The molecule has 1 saturated carbocycles. The third-order valence-corrected chi connectivity index (χ3v) is 10.8. The van der Waals surface area contributed by atoms with Gasteiger partial charge in [-0.15, -0.1) is 0 Å². The number of rotatable bonds is 10. The molecule has 1 unspecified atom stereocenters. The summed E-state index contributed by atoms with van der Waals surface area (Å²) in [6, 6.07) is 23.4. The monoisotopic (exact) mass is 806 g/mol. The van der Waals surface area contributed by atoms with Crippen LogP contribution in [0.1, 0.15) is 67.0 Å². The molecule has 14 heteroatoms. The van der Waals surface area contributed by atoms with Crippen LogP contribution in [0.3, 0.4) is 0 Å². The number of hydrogen-bond acceptors (Lipinski definition) is 10. The van der Waals surface area contributed by atoms with Crippen molar-refractivity contribution in [1.82, 2.24) is 10.6 Å². The Labute approximate surface area is 342 Å². The first-order valence-corrected chi connectivity index (χ1v) is 19.0. The van der Waals surface area contributed by atoms with Gasteiger partial charge >= 0.3 is 11.9 Å². The molecular formula is C46H38N4O10. The van der Waals surface area contributed by atoms with Crippen LogP contribution >= 0.6 is 0 Å². The zero-order valence-electron chi connectivity index (χ0n) is 32.4. The third-order valence-electron chi connectivity index (χ3n) is 10.8. The number of phenols is 1. The molecule has 0 aromatic heterocycles. The molecule has 0 saturated heterocycles. The number of phenolic OH excluding ortho intramolecular Hbond substituents is 1. The van der Waals surface area contributed by atoms with Gasteiger partial charge in [-0.3, -0.25) is 14.4 Å². The van der Waals surface area contributed by atoms with Gasteiger partial charge in [-0.1, -0.05) is 18.2 Å². The summed E-state index contributed by atoms with van der Waals surface area (Å²) in [4.78, 5) is 65.7. The molecule has 4 aromatic rings. The number of nitrogens with one attached hydrogen (secondary N) is 3. The number of ether oxygens (including phenoxy) is 1. The SMILES string of the molecule is CN(C)c1ccc2c(c1)OC1CC(=N)CCC1=C2c1ccc(C(=O)NCC(=O)NCc2ccc(-c3c4ccc(=O)cc-4oc4cc(O)ccc34)c(C(=O)O)c2)cc1C(=O)O. The van der Waals surface area contributed by atoms with Crippen LogP contribution in [0.5, 0.6) is 11.5 Å². The quantitative estimate of drug-likeness (QED) is 0.0816. The Morgan fingerprint density at radius 2 is 1.53 bits per heavy atom. The number of carbonyl (C=O) groups is 4. The van der Waals surface area contributed by atoms with E-state index in [9.17, 15) is 39.3 Å². The summed E-state index contributed by atoms with van der Waals surface area (Å²) in [5.74, 6) is -3.02. The lowest BCUT2D eigenvalue weighted by atomic mass is 9.79.